The molecule has 2 aromatic carbocycles. The van der Waals surface area contributed by atoms with Gasteiger partial charge < -0.3 is 10.6 Å². The fourth-order valence-electron chi connectivity index (χ4n) is 4.42. The van der Waals surface area contributed by atoms with Crippen molar-refractivity contribution in [1.82, 2.24) is 4.98 Å². The van der Waals surface area contributed by atoms with Crippen LogP contribution in [0.4, 0.5) is 11.5 Å². The Morgan fingerprint density at radius 2 is 1.69 bits per heavy atom. The van der Waals surface area contributed by atoms with Crippen molar-refractivity contribution in [3.63, 3.8) is 0 Å². The lowest BCUT2D eigenvalue weighted by atomic mass is 9.78. The largest absolute Gasteiger partial charge is 0.326 e. The summed E-state index contributed by atoms with van der Waals surface area (Å²) in [6.45, 7) is 0. The number of sulfone groups is 1. The predicted molar refractivity (Wildman–Crippen MR) is 139 cm³/mol. The molecule has 1 aromatic heterocycles. The Morgan fingerprint density at radius 3 is 2.33 bits per heavy atom. The van der Waals surface area contributed by atoms with Crippen molar-refractivity contribution < 1.29 is 18.0 Å². The van der Waals surface area contributed by atoms with Crippen molar-refractivity contribution in [3.8, 4) is 0 Å². The highest BCUT2D eigenvalue weighted by Gasteiger charge is 2.29. The second-order valence-corrected chi connectivity index (χ2v) is 11.7. The molecule has 2 saturated carbocycles. The highest BCUT2D eigenvalue weighted by Crippen LogP contribution is 2.39. The third kappa shape index (κ3) is 5.82. The summed E-state index contributed by atoms with van der Waals surface area (Å²) < 4.78 is 24.9. The second kappa shape index (κ2) is 10.2. The molecule has 2 aliphatic rings. The zero-order chi connectivity index (χ0) is 25.1. The van der Waals surface area contributed by atoms with Gasteiger partial charge in [-0.15, -0.1) is 0 Å². The SMILES string of the molecule is O=C(Cc1ccc(S(=O)(=O)CC2CC2)cc1)Nc1ccc(C(=O)Nc2ccccn2)c(C2CCC2)c1. The summed E-state index contributed by atoms with van der Waals surface area (Å²) in [4.78, 5) is 30.1. The minimum atomic E-state index is -3.27. The van der Waals surface area contributed by atoms with Crippen LogP contribution in [0, 0.1) is 5.92 Å². The van der Waals surface area contributed by atoms with E-state index in [0.717, 1.165) is 43.2 Å². The van der Waals surface area contributed by atoms with Crippen LogP contribution in [-0.2, 0) is 21.1 Å². The van der Waals surface area contributed by atoms with Gasteiger partial charge in [-0.3, -0.25) is 9.59 Å². The lowest BCUT2D eigenvalue weighted by Gasteiger charge is -2.28. The van der Waals surface area contributed by atoms with Crippen molar-refractivity contribution >= 4 is 33.2 Å². The molecule has 2 fully saturated rings. The van der Waals surface area contributed by atoms with E-state index in [-0.39, 0.29) is 35.8 Å². The van der Waals surface area contributed by atoms with Gasteiger partial charge in [-0.05, 0) is 91.1 Å². The summed E-state index contributed by atoms with van der Waals surface area (Å²) in [6, 6.07) is 17.3. The number of amides is 2. The van der Waals surface area contributed by atoms with Crippen LogP contribution in [0.5, 0.6) is 0 Å². The monoisotopic (exact) mass is 503 g/mol. The number of pyridine rings is 1. The fourth-order valence-corrected chi connectivity index (χ4v) is 6.12. The smallest absolute Gasteiger partial charge is 0.257 e. The van der Waals surface area contributed by atoms with Gasteiger partial charge in [0.05, 0.1) is 17.1 Å². The van der Waals surface area contributed by atoms with E-state index in [9.17, 15) is 18.0 Å². The molecule has 0 radical (unpaired) electrons. The van der Waals surface area contributed by atoms with Gasteiger partial charge in [0.2, 0.25) is 5.91 Å². The van der Waals surface area contributed by atoms with Gasteiger partial charge in [-0.25, -0.2) is 13.4 Å². The number of hydrogen-bond donors (Lipinski definition) is 2. The van der Waals surface area contributed by atoms with Gasteiger partial charge in [-0.2, -0.15) is 0 Å². The number of nitrogens with one attached hydrogen (secondary N) is 2. The Hall–Kier alpha value is -3.52. The van der Waals surface area contributed by atoms with Crippen LogP contribution in [0.25, 0.3) is 0 Å². The Balaban J connectivity index is 1.25. The molecular weight excluding hydrogens is 474 g/mol. The van der Waals surface area contributed by atoms with Crippen LogP contribution < -0.4 is 10.6 Å². The van der Waals surface area contributed by atoms with Crippen molar-refractivity contribution in [2.45, 2.75) is 49.3 Å². The van der Waals surface area contributed by atoms with E-state index in [1.807, 2.05) is 12.1 Å². The summed E-state index contributed by atoms with van der Waals surface area (Å²) in [5.74, 6) is 0.852. The molecule has 2 N–H and O–H groups in total. The van der Waals surface area contributed by atoms with E-state index in [1.165, 1.54) is 0 Å². The Morgan fingerprint density at radius 1 is 0.917 bits per heavy atom. The van der Waals surface area contributed by atoms with E-state index in [1.54, 1.807) is 54.7 Å². The molecular formula is C28H29N3O4S. The number of benzene rings is 2. The topological polar surface area (TPSA) is 105 Å². The van der Waals surface area contributed by atoms with E-state index in [4.69, 9.17) is 0 Å². The molecule has 1 heterocycles. The third-order valence-corrected chi connectivity index (χ3v) is 8.73. The van der Waals surface area contributed by atoms with E-state index in [0.29, 0.717) is 22.0 Å². The average molecular weight is 504 g/mol. The summed E-state index contributed by atoms with van der Waals surface area (Å²) in [7, 11) is -3.27. The first kappa shape index (κ1) is 24.2. The summed E-state index contributed by atoms with van der Waals surface area (Å²) in [6.07, 6.45) is 6.86. The van der Waals surface area contributed by atoms with Crippen LogP contribution in [0.15, 0.2) is 71.8 Å². The highest BCUT2D eigenvalue weighted by molar-refractivity contribution is 7.91. The summed E-state index contributed by atoms with van der Waals surface area (Å²) >= 11 is 0. The molecule has 5 rings (SSSR count). The lowest BCUT2D eigenvalue weighted by molar-refractivity contribution is -0.115. The molecule has 7 nitrogen and oxygen atoms in total. The van der Waals surface area contributed by atoms with Gasteiger partial charge in [0.1, 0.15) is 5.82 Å². The first-order valence-corrected chi connectivity index (χ1v) is 14.0. The van der Waals surface area contributed by atoms with Crippen LogP contribution in [-0.4, -0.2) is 31.0 Å². The summed E-state index contributed by atoms with van der Waals surface area (Å²) in [5, 5.41) is 5.77. The lowest BCUT2D eigenvalue weighted by Crippen LogP contribution is -2.20. The molecule has 36 heavy (non-hydrogen) atoms. The van der Waals surface area contributed by atoms with Gasteiger partial charge >= 0.3 is 0 Å². The normalized spacial score (nSPS) is 15.7. The molecule has 8 heteroatoms. The van der Waals surface area contributed by atoms with E-state index in [2.05, 4.69) is 15.6 Å². The van der Waals surface area contributed by atoms with Gasteiger partial charge in [0, 0.05) is 17.4 Å². The molecule has 3 aromatic rings. The molecule has 2 amide bonds. The first-order valence-electron chi connectivity index (χ1n) is 12.4. The van der Waals surface area contributed by atoms with Crippen molar-refractivity contribution in [2.75, 3.05) is 16.4 Å². The summed E-state index contributed by atoms with van der Waals surface area (Å²) in [5.41, 5.74) is 2.90. The quantitative estimate of drug-likeness (QED) is 0.429. The number of aromatic nitrogens is 1. The first-order chi connectivity index (χ1) is 17.4. The van der Waals surface area contributed by atoms with E-state index < -0.39 is 9.84 Å². The van der Waals surface area contributed by atoms with Crippen molar-refractivity contribution in [3.05, 3.63) is 83.6 Å². The van der Waals surface area contributed by atoms with Crippen LogP contribution >= 0.6 is 0 Å². The second-order valence-electron chi connectivity index (χ2n) is 9.69. The molecule has 0 spiro atoms. The van der Waals surface area contributed by atoms with Crippen molar-refractivity contribution in [1.29, 1.82) is 0 Å². The van der Waals surface area contributed by atoms with Crippen LogP contribution in [0.2, 0.25) is 0 Å². The fraction of sp³-hybridized carbons (Fsp3) is 0.321. The Bertz CT molecular complexity index is 1360. The van der Waals surface area contributed by atoms with E-state index >= 15 is 0 Å². The van der Waals surface area contributed by atoms with Gasteiger partial charge in [0.15, 0.2) is 9.84 Å². The average Bonchev–Trinajstić information content (AvgIpc) is 3.62. The number of carbonyl (C=O) groups is 2. The van der Waals surface area contributed by atoms with Crippen LogP contribution in [0.3, 0.4) is 0 Å². The number of carbonyl (C=O) groups excluding carboxylic acids is 2. The predicted octanol–water partition coefficient (Wildman–Crippen LogP) is 4.97. The number of hydrogen-bond acceptors (Lipinski definition) is 5. The number of rotatable bonds is 9. The molecule has 0 atom stereocenters. The molecule has 0 saturated heterocycles. The van der Waals surface area contributed by atoms with Crippen molar-refractivity contribution in [2.24, 2.45) is 5.92 Å². The zero-order valence-electron chi connectivity index (χ0n) is 19.9. The Labute approximate surface area is 211 Å². The minimum Gasteiger partial charge on any atom is -0.326 e. The molecule has 0 bridgehead atoms. The maximum Gasteiger partial charge on any atom is 0.257 e. The zero-order valence-corrected chi connectivity index (χ0v) is 20.8. The minimum absolute atomic E-state index is 0.129. The molecule has 0 aliphatic heterocycles. The number of anilines is 2. The maximum absolute atomic E-state index is 12.9. The highest BCUT2D eigenvalue weighted by atomic mass is 32.2. The number of nitrogens with zero attached hydrogens (tertiary/aromatic N) is 1. The molecule has 0 unspecified atom stereocenters. The maximum atomic E-state index is 12.9. The van der Waals surface area contributed by atoms with Crippen LogP contribution in [0.1, 0.15) is 59.5 Å². The standard InChI is InChI=1S/C28H29N3O4S/c32-27(16-19-9-12-23(13-10-19)36(34,35)18-20-7-8-20)30-22-11-14-24(25(17-22)21-4-3-5-21)28(33)31-26-6-1-2-15-29-26/h1-2,6,9-15,17,20-21H,3-5,7-8,16,18H2,(H,30,32)(H,29,31,33). The third-order valence-electron chi connectivity index (χ3n) is 6.83. The molecule has 186 valence electrons. The van der Waals surface area contributed by atoms with Gasteiger partial charge in [0.25, 0.3) is 5.91 Å². The molecule has 2 aliphatic carbocycles. The van der Waals surface area contributed by atoms with Gasteiger partial charge in [-0.1, -0.05) is 24.6 Å². The Kier molecular flexibility index (Phi) is 6.87.